The minimum absolute atomic E-state index is 0.478. The average Bonchev–Trinajstić information content (AvgIpc) is 2.29. The molecule has 0 bridgehead atoms. The van der Waals surface area contributed by atoms with Crippen molar-refractivity contribution in [1.82, 2.24) is 5.32 Å². The largest absolute Gasteiger partial charge is 0.376 e. The lowest BCUT2D eigenvalue weighted by Crippen LogP contribution is -2.31. The number of benzene rings is 1. The smallest absolute Gasteiger partial charge is 0.0672 e. The maximum Gasteiger partial charge on any atom is 0.0672 e. The molecule has 0 heterocycles. The van der Waals surface area contributed by atoms with Crippen molar-refractivity contribution in [3.63, 3.8) is 0 Å². The third-order valence-electron chi connectivity index (χ3n) is 2.47. The molecule has 1 aromatic rings. The van der Waals surface area contributed by atoms with Gasteiger partial charge in [0, 0.05) is 12.6 Å². The summed E-state index contributed by atoms with van der Waals surface area (Å²) in [4.78, 5) is 0. The van der Waals surface area contributed by atoms with Gasteiger partial charge in [0.1, 0.15) is 0 Å². The predicted octanol–water partition coefficient (Wildman–Crippen LogP) is 2.80. The van der Waals surface area contributed by atoms with Gasteiger partial charge in [-0.05, 0) is 25.8 Å². The zero-order chi connectivity index (χ0) is 12.5. The first-order chi connectivity index (χ1) is 8.18. The van der Waals surface area contributed by atoms with Gasteiger partial charge in [-0.2, -0.15) is 0 Å². The molecule has 0 fully saturated rings. The van der Waals surface area contributed by atoms with Crippen molar-refractivity contribution < 1.29 is 4.74 Å². The number of rotatable bonds is 8. The van der Waals surface area contributed by atoms with Gasteiger partial charge >= 0.3 is 0 Å². The lowest BCUT2D eigenvalue weighted by molar-refractivity contribution is 0.156. The van der Waals surface area contributed by atoms with Crippen LogP contribution in [0.4, 0.5) is 0 Å². The summed E-state index contributed by atoms with van der Waals surface area (Å²) in [6, 6.07) is 11.0. The molecule has 0 aromatic heterocycles. The summed E-state index contributed by atoms with van der Waals surface area (Å²) in [7, 11) is 0. The van der Waals surface area contributed by atoms with Crippen LogP contribution < -0.4 is 5.32 Å². The monoisotopic (exact) mass is 233 g/mol. The van der Waals surface area contributed by atoms with Crippen LogP contribution in [0.3, 0.4) is 0 Å². The molecular formula is C15H23NO. The first-order valence-electron chi connectivity index (χ1n) is 6.18. The van der Waals surface area contributed by atoms with E-state index in [1.54, 1.807) is 0 Å². The Bertz CT molecular complexity index is 321. The van der Waals surface area contributed by atoms with Crippen LogP contribution in [0, 0.1) is 0 Å². The lowest BCUT2D eigenvalue weighted by Gasteiger charge is -2.14. The number of nitrogens with one attached hydrogen (secondary N) is 1. The molecule has 1 atom stereocenters. The summed E-state index contributed by atoms with van der Waals surface area (Å²) in [6.07, 6.45) is 1.06. The normalized spacial score (nSPS) is 12.4. The van der Waals surface area contributed by atoms with E-state index in [1.165, 1.54) is 5.56 Å². The van der Waals surface area contributed by atoms with Crippen molar-refractivity contribution in [2.45, 2.75) is 26.3 Å². The molecule has 1 aromatic carbocycles. The highest BCUT2D eigenvalue weighted by Gasteiger charge is 2.01. The van der Waals surface area contributed by atoms with Crippen molar-refractivity contribution >= 4 is 0 Å². The zero-order valence-corrected chi connectivity index (χ0v) is 10.9. The Balaban J connectivity index is 2.09. The molecule has 0 aliphatic carbocycles. The van der Waals surface area contributed by atoms with Crippen molar-refractivity contribution in [3.8, 4) is 0 Å². The fourth-order valence-electron chi connectivity index (χ4n) is 1.66. The Labute approximate surface area is 105 Å². The van der Waals surface area contributed by atoms with Gasteiger partial charge in [-0.25, -0.2) is 0 Å². The Hall–Kier alpha value is -1.12. The number of ether oxygens (including phenoxy) is 1. The molecule has 17 heavy (non-hydrogen) atoms. The van der Waals surface area contributed by atoms with E-state index in [4.69, 9.17) is 4.74 Å². The highest BCUT2D eigenvalue weighted by atomic mass is 16.5. The van der Waals surface area contributed by atoms with Gasteiger partial charge in [-0.1, -0.05) is 42.5 Å². The molecule has 1 N–H and O–H groups in total. The summed E-state index contributed by atoms with van der Waals surface area (Å²) < 4.78 is 5.43. The maximum absolute atomic E-state index is 5.43. The van der Waals surface area contributed by atoms with E-state index in [0.717, 1.165) is 25.1 Å². The molecule has 0 aliphatic heterocycles. The molecular weight excluding hydrogens is 210 g/mol. The summed E-state index contributed by atoms with van der Waals surface area (Å²) in [6.45, 7) is 10.3. The fourth-order valence-corrected chi connectivity index (χ4v) is 1.66. The second-order valence-electron chi connectivity index (χ2n) is 4.55. The Morgan fingerprint density at radius 2 is 2.06 bits per heavy atom. The van der Waals surface area contributed by atoms with Crippen molar-refractivity contribution in [2.75, 3.05) is 19.8 Å². The molecule has 2 nitrogen and oxygen atoms in total. The summed E-state index contributed by atoms with van der Waals surface area (Å²) in [5.41, 5.74) is 2.44. The van der Waals surface area contributed by atoms with Gasteiger partial charge in [0.2, 0.25) is 0 Å². The zero-order valence-electron chi connectivity index (χ0n) is 10.9. The Morgan fingerprint density at radius 1 is 1.35 bits per heavy atom. The van der Waals surface area contributed by atoms with E-state index in [2.05, 4.69) is 43.1 Å². The molecule has 0 saturated heterocycles. The molecule has 1 unspecified atom stereocenters. The molecule has 2 heteroatoms. The van der Waals surface area contributed by atoms with Crippen LogP contribution in [-0.2, 0) is 11.2 Å². The van der Waals surface area contributed by atoms with Gasteiger partial charge < -0.3 is 10.1 Å². The molecule has 0 radical (unpaired) electrons. The lowest BCUT2D eigenvalue weighted by atomic mass is 10.1. The molecule has 0 saturated carbocycles. The number of hydrogen-bond donors (Lipinski definition) is 1. The summed E-state index contributed by atoms with van der Waals surface area (Å²) in [5, 5.41) is 3.45. The fraction of sp³-hybridized carbons (Fsp3) is 0.467. The van der Waals surface area contributed by atoms with Gasteiger partial charge in [0.25, 0.3) is 0 Å². The molecule has 1 rings (SSSR count). The quantitative estimate of drug-likeness (QED) is 0.550. The SMILES string of the molecule is C=C(C)COCCNC(C)Cc1ccccc1. The van der Waals surface area contributed by atoms with Crippen LogP contribution in [0.1, 0.15) is 19.4 Å². The van der Waals surface area contributed by atoms with Crippen LogP contribution in [0.5, 0.6) is 0 Å². The summed E-state index contributed by atoms with van der Waals surface area (Å²) >= 11 is 0. The van der Waals surface area contributed by atoms with Gasteiger partial charge in [0.05, 0.1) is 13.2 Å². The molecule has 0 amide bonds. The van der Waals surface area contributed by atoms with Crippen LogP contribution >= 0.6 is 0 Å². The van der Waals surface area contributed by atoms with Gasteiger partial charge in [0.15, 0.2) is 0 Å². The molecule has 0 spiro atoms. The molecule has 94 valence electrons. The van der Waals surface area contributed by atoms with Crippen molar-refractivity contribution in [3.05, 3.63) is 48.0 Å². The maximum atomic E-state index is 5.43. The Morgan fingerprint density at radius 3 is 2.71 bits per heavy atom. The van der Waals surface area contributed by atoms with Gasteiger partial charge in [-0.3, -0.25) is 0 Å². The van der Waals surface area contributed by atoms with Gasteiger partial charge in [-0.15, -0.1) is 0 Å². The van der Waals surface area contributed by atoms with E-state index >= 15 is 0 Å². The van der Waals surface area contributed by atoms with Crippen molar-refractivity contribution in [2.24, 2.45) is 0 Å². The van der Waals surface area contributed by atoms with E-state index in [1.807, 2.05) is 13.0 Å². The highest BCUT2D eigenvalue weighted by molar-refractivity contribution is 5.15. The topological polar surface area (TPSA) is 21.3 Å². The number of hydrogen-bond acceptors (Lipinski definition) is 2. The van der Waals surface area contributed by atoms with Crippen LogP contribution in [0.2, 0.25) is 0 Å². The van der Waals surface area contributed by atoms with E-state index in [9.17, 15) is 0 Å². The highest BCUT2D eigenvalue weighted by Crippen LogP contribution is 2.02. The summed E-state index contributed by atoms with van der Waals surface area (Å²) in [5.74, 6) is 0. The minimum Gasteiger partial charge on any atom is -0.376 e. The first kappa shape index (κ1) is 13.9. The van der Waals surface area contributed by atoms with Crippen LogP contribution in [0.25, 0.3) is 0 Å². The first-order valence-corrected chi connectivity index (χ1v) is 6.18. The Kier molecular flexibility index (Phi) is 6.60. The third kappa shape index (κ3) is 6.93. The van der Waals surface area contributed by atoms with E-state index in [0.29, 0.717) is 12.6 Å². The molecule has 0 aliphatic rings. The standard InChI is InChI=1S/C15H23NO/c1-13(2)12-17-10-9-16-14(3)11-15-7-5-4-6-8-15/h4-8,14,16H,1,9-12H2,2-3H3. The van der Waals surface area contributed by atoms with Crippen LogP contribution in [-0.4, -0.2) is 25.8 Å². The van der Waals surface area contributed by atoms with E-state index < -0.39 is 0 Å². The average molecular weight is 233 g/mol. The predicted molar refractivity (Wildman–Crippen MR) is 73.2 cm³/mol. The second-order valence-corrected chi connectivity index (χ2v) is 4.55. The third-order valence-corrected chi connectivity index (χ3v) is 2.47. The minimum atomic E-state index is 0.478. The van der Waals surface area contributed by atoms with Crippen LogP contribution in [0.15, 0.2) is 42.5 Å². The van der Waals surface area contributed by atoms with Crippen molar-refractivity contribution in [1.29, 1.82) is 0 Å². The second kappa shape index (κ2) is 8.04. The van der Waals surface area contributed by atoms with E-state index in [-0.39, 0.29) is 0 Å².